The number of piperidine rings is 1. The molecular formula is C20H26N4O2S. The van der Waals surface area contributed by atoms with Crippen LogP contribution in [0, 0.1) is 13.8 Å². The lowest BCUT2D eigenvalue weighted by Crippen LogP contribution is -2.31. The van der Waals surface area contributed by atoms with Gasteiger partial charge in [-0.05, 0) is 44.7 Å². The van der Waals surface area contributed by atoms with Crippen molar-refractivity contribution in [3.05, 3.63) is 58.4 Å². The Labute approximate surface area is 161 Å². The number of nitrogens with zero attached hydrogens (tertiary/aromatic N) is 3. The highest BCUT2D eigenvalue weighted by molar-refractivity contribution is 7.92. The van der Waals surface area contributed by atoms with Crippen molar-refractivity contribution in [2.45, 2.75) is 39.7 Å². The summed E-state index contributed by atoms with van der Waals surface area (Å²) in [6, 6.07) is 9.62. The van der Waals surface area contributed by atoms with Gasteiger partial charge in [0.25, 0.3) is 0 Å². The normalized spacial score (nSPS) is 15.4. The molecule has 0 unspecified atom stereocenters. The molecule has 0 spiro atoms. The minimum atomic E-state index is -3.56. The van der Waals surface area contributed by atoms with E-state index in [1.54, 1.807) is 6.08 Å². The fraction of sp³-hybridized carbons (Fsp3) is 0.400. The smallest absolute Gasteiger partial charge is 0.234 e. The number of nitrogens with one attached hydrogen (secondary N) is 1. The summed E-state index contributed by atoms with van der Waals surface area (Å²) in [4.78, 5) is 11.2. The topological polar surface area (TPSA) is 75.2 Å². The fourth-order valence-electron chi connectivity index (χ4n) is 3.04. The van der Waals surface area contributed by atoms with Crippen LogP contribution in [0.15, 0.2) is 35.7 Å². The van der Waals surface area contributed by atoms with E-state index in [9.17, 15) is 8.42 Å². The highest BCUT2D eigenvalue weighted by atomic mass is 32.2. The predicted octanol–water partition coefficient (Wildman–Crippen LogP) is 3.17. The van der Waals surface area contributed by atoms with Crippen molar-refractivity contribution in [3.63, 3.8) is 0 Å². The van der Waals surface area contributed by atoms with E-state index >= 15 is 0 Å². The lowest BCUT2D eigenvalue weighted by Gasteiger charge is -2.28. The summed E-state index contributed by atoms with van der Waals surface area (Å²) in [5.74, 6) is 1.37. The number of rotatable bonds is 6. The van der Waals surface area contributed by atoms with Gasteiger partial charge in [0.1, 0.15) is 11.6 Å². The predicted molar refractivity (Wildman–Crippen MR) is 109 cm³/mol. The third-order valence-electron chi connectivity index (χ3n) is 4.52. The first-order chi connectivity index (χ1) is 12.9. The van der Waals surface area contributed by atoms with Gasteiger partial charge < -0.3 is 4.90 Å². The van der Waals surface area contributed by atoms with E-state index in [1.807, 2.05) is 44.2 Å². The Balaban J connectivity index is 1.66. The molecule has 0 aliphatic carbocycles. The molecule has 1 aliphatic heterocycles. The highest BCUT2D eigenvalue weighted by Crippen LogP contribution is 2.18. The van der Waals surface area contributed by atoms with Crippen molar-refractivity contribution in [3.8, 4) is 0 Å². The lowest BCUT2D eigenvalue weighted by molar-refractivity contribution is 0.570. The van der Waals surface area contributed by atoms with Crippen LogP contribution >= 0.6 is 0 Å². The van der Waals surface area contributed by atoms with Gasteiger partial charge in [0, 0.05) is 30.3 Å². The van der Waals surface area contributed by atoms with E-state index in [1.165, 1.54) is 11.8 Å². The van der Waals surface area contributed by atoms with Crippen LogP contribution in [0.4, 0.5) is 5.82 Å². The van der Waals surface area contributed by atoms with Gasteiger partial charge in [-0.1, -0.05) is 29.8 Å². The van der Waals surface area contributed by atoms with Crippen LogP contribution in [0.5, 0.6) is 0 Å². The molecule has 27 heavy (non-hydrogen) atoms. The number of benzene rings is 1. The molecule has 1 saturated heterocycles. The number of hydrogen-bond donors (Lipinski definition) is 1. The standard InChI is InChI=1S/C20H26N4O2S/c1-16-6-8-18(9-7-16)10-13-27(25,26)21-15-19-22-17(2)14-20(23-19)24-11-4-3-5-12-24/h6-10,13-14,21H,3-5,11-12,15H2,1-2H3/b13-10+. The van der Waals surface area contributed by atoms with Gasteiger partial charge >= 0.3 is 0 Å². The average molecular weight is 387 g/mol. The van der Waals surface area contributed by atoms with E-state index in [2.05, 4.69) is 19.6 Å². The van der Waals surface area contributed by atoms with E-state index in [0.717, 1.165) is 48.6 Å². The molecule has 0 amide bonds. The van der Waals surface area contributed by atoms with Gasteiger partial charge in [-0.25, -0.2) is 23.1 Å². The Morgan fingerprint density at radius 2 is 1.78 bits per heavy atom. The molecule has 0 radical (unpaired) electrons. The van der Waals surface area contributed by atoms with Crippen LogP contribution < -0.4 is 9.62 Å². The van der Waals surface area contributed by atoms with Crippen molar-refractivity contribution >= 4 is 21.9 Å². The van der Waals surface area contributed by atoms with E-state index in [4.69, 9.17) is 0 Å². The quantitative estimate of drug-likeness (QED) is 0.825. The van der Waals surface area contributed by atoms with Crippen molar-refractivity contribution in [2.24, 2.45) is 0 Å². The molecule has 144 valence electrons. The molecule has 1 fully saturated rings. The Hall–Kier alpha value is -2.25. The van der Waals surface area contributed by atoms with Gasteiger partial charge in [-0.2, -0.15) is 0 Å². The van der Waals surface area contributed by atoms with Crippen molar-refractivity contribution < 1.29 is 8.42 Å². The highest BCUT2D eigenvalue weighted by Gasteiger charge is 2.14. The Morgan fingerprint density at radius 3 is 2.48 bits per heavy atom. The zero-order valence-corrected chi connectivity index (χ0v) is 16.7. The molecule has 2 aromatic rings. The number of sulfonamides is 1. The number of hydrogen-bond acceptors (Lipinski definition) is 5. The van der Waals surface area contributed by atoms with Crippen LogP contribution in [-0.4, -0.2) is 31.5 Å². The molecule has 0 atom stereocenters. The first kappa shape index (κ1) is 19.5. The third-order valence-corrected chi connectivity index (χ3v) is 5.56. The minimum Gasteiger partial charge on any atom is -0.357 e. The molecule has 1 aromatic heterocycles. The van der Waals surface area contributed by atoms with Crippen molar-refractivity contribution in [1.29, 1.82) is 0 Å². The van der Waals surface area contributed by atoms with E-state index < -0.39 is 10.0 Å². The maximum Gasteiger partial charge on any atom is 0.234 e. The summed E-state index contributed by atoms with van der Waals surface area (Å²) in [5, 5.41) is 1.18. The summed E-state index contributed by atoms with van der Waals surface area (Å²) in [6.07, 6.45) is 5.15. The van der Waals surface area contributed by atoms with Gasteiger partial charge in [0.2, 0.25) is 10.0 Å². The van der Waals surface area contributed by atoms with E-state index in [0.29, 0.717) is 5.82 Å². The minimum absolute atomic E-state index is 0.0725. The second-order valence-corrected chi connectivity index (χ2v) is 8.56. The van der Waals surface area contributed by atoms with Gasteiger partial charge in [0.05, 0.1) is 6.54 Å². The fourth-order valence-corrected chi connectivity index (χ4v) is 3.80. The Kier molecular flexibility index (Phi) is 6.23. The molecule has 3 rings (SSSR count). The monoisotopic (exact) mass is 386 g/mol. The first-order valence-corrected chi connectivity index (χ1v) is 10.8. The zero-order chi connectivity index (χ0) is 19.3. The third kappa shape index (κ3) is 5.87. The Bertz CT molecular complexity index is 902. The summed E-state index contributed by atoms with van der Waals surface area (Å²) in [6.45, 7) is 5.95. The SMILES string of the molecule is Cc1ccc(/C=C/S(=O)(=O)NCc2nc(C)cc(N3CCCCC3)n2)cc1. The molecule has 1 N–H and O–H groups in total. The average Bonchev–Trinajstić information content (AvgIpc) is 2.66. The van der Waals surface area contributed by atoms with Crippen molar-refractivity contribution in [2.75, 3.05) is 18.0 Å². The molecule has 2 heterocycles. The zero-order valence-electron chi connectivity index (χ0n) is 15.9. The molecule has 0 saturated carbocycles. The Morgan fingerprint density at radius 1 is 1.07 bits per heavy atom. The summed E-state index contributed by atoms with van der Waals surface area (Å²) in [5.41, 5.74) is 2.81. The molecular weight excluding hydrogens is 360 g/mol. The van der Waals surface area contributed by atoms with Crippen LogP contribution in [0.2, 0.25) is 0 Å². The largest absolute Gasteiger partial charge is 0.357 e. The molecule has 6 nitrogen and oxygen atoms in total. The molecule has 1 aromatic carbocycles. The second kappa shape index (κ2) is 8.63. The number of aryl methyl sites for hydroxylation is 2. The first-order valence-electron chi connectivity index (χ1n) is 9.25. The molecule has 0 bridgehead atoms. The number of aromatic nitrogens is 2. The lowest BCUT2D eigenvalue weighted by atomic mass is 10.1. The van der Waals surface area contributed by atoms with Gasteiger partial charge in [0.15, 0.2) is 0 Å². The van der Waals surface area contributed by atoms with Crippen LogP contribution in [0.1, 0.15) is 41.9 Å². The molecule has 7 heteroatoms. The van der Waals surface area contributed by atoms with Gasteiger partial charge in [-0.3, -0.25) is 0 Å². The maximum atomic E-state index is 12.3. The summed E-state index contributed by atoms with van der Waals surface area (Å²) in [7, 11) is -3.56. The maximum absolute atomic E-state index is 12.3. The molecule has 1 aliphatic rings. The van der Waals surface area contributed by atoms with Gasteiger partial charge in [-0.15, -0.1) is 0 Å². The van der Waals surface area contributed by atoms with Crippen LogP contribution in [0.25, 0.3) is 6.08 Å². The summed E-state index contributed by atoms with van der Waals surface area (Å²) >= 11 is 0. The van der Waals surface area contributed by atoms with Crippen LogP contribution in [-0.2, 0) is 16.6 Å². The van der Waals surface area contributed by atoms with Crippen LogP contribution in [0.3, 0.4) is 0 Å². The number of anilines is 1. The van der Waals surface area contributed by atoms with E-state index in [-0.39, 0.29) is 6.54 Å². The van der Waals surface area contributed by atoms with Crippen molar-refractivity contribution in [1.82, 2.24) is 14.7 Å². The second-order valence-electron chi connectivity index (χ2n) is 6.91. The summed E-state index contributed by atoms with van der Waals surface area (Å²) < 4.78 is 27.1.